The number of para-hydroxylation sites is 2. The van der Waals surface area contributed by atoms with Crippen molar-refractivity contribution in [2.24, 2.45) is 0 Å². The summed E-state index contributed by atoms with van der Waals surface area (Å²) in [6.45, 7) is 4.55. The molecule has 1 unspecified atom stereocenters. The summed E-state index contributed by atoms with van der Waals surface area (Å²) in [7, 11) is 0. The van der Waals surface area contributed by atoms with E-state index in [0.29, 0.717) is 18.0 Å². The minimum atomic E-state index is -0.561. The van der Waals surface area contributed by atoms with Gasteiger partial charge in [-0.3, -0.25) is 9.59 Å². The van der Waals surface area contributed by atoms with Gasteiger partial charge in [0.25, 0.3) is 5.91 Å². The summed E-state index contributed by atoms with van der Waals surface area (Å²) in [5.41, 5.74) is 2.48. The molecule has 25 heavy (non-hydrogen) atoms. The number of carbonyl (C=O) groups excluding carboxylic acids is 2. The van der Waals surface area contributed by atoms with Crippen LogP contribution in [-0.4, -0.2) is 24.5 Å². The zero-order valence-corrected chi connectivity index (χ0v) is 14.5. The van der Waals surface area contributed by atoms with Crippen molar-refractivity contribution in [3.63, 3.8) is 0 Å². The molecule has 5 nitrogen and oxygen atoms in total. The lowest BCUT2D eigenvalue weighted by Crippen LogP contribution is -2.35. The third-order valence-corrected chi connectivity index (χ3v) is 4.11. The van der Waals surface area contributed by atoms with E-state index in [2.05, 4.69) is 5.32 Å². The van der Waals surface area contributed by atoms with Gasteiger partial charge >= 0.3 is 0 Å². The zero-order valence-electron chi connectivity index (χ0n) is 14.5. The number of ether oxygens (including phenoxy) is 1. The molecule has 2 aromatic carbocycles. The molecule has 0 aromatic heterocycles. The molecule has 1 aliphatic rings. The molecular weight excluding hydrogens is 316 g/mol. The van der Waals surface area contributed by atoms with Gasteiger partial charge in [-0.05, 0) is 37.6 Å². The van der Waals surface area contributed by atoms with Crippen LogP contribution in [-0.2, 0) is 9.59 Å². The van der Waals surface area contributed by atoms with Crippen LogP contribution in [0.2, 0.25) is 0 Å². The lowest BCUT2D eigenvalue weighted by atomic mass is 10.2. The highest BCUT2D eigenvalue weighted by Crippen LogP contribution is 2.33. The van der Waals surface area contributed by atoms with E-state index >= 15 is 0 Å². The van der Waals surface area contributed by atoms with Crippen LogP contribution in [0.3, 0.4) is 0 Å². The summed E-state index contributed by atoms with van der Waals surface area (Å²) in [5, 5.41) is 3.16. The molecule has 0 spiro atoms. The maximum Gasteiger partial charge on any atom is 0.256 e. The Morgan fingerprint density at radius 1 is 1.12 bits per heavy atom. The van der Waals surface area contributed by atoms with Crippen LogP contribution in [0.5, 0.6) is 5.75 Å². The quantitative estimate of drug-likeness (QED) is 0.819. The number of carbonyl (C=O) groups is 2. The second-order valence-electron chi connectivity index (χ2n) is 6.15. The molecule has 2 aromatic rings. The molecule has 5 heteroatoms. The molecule has 0 bridgehead atoms. The Hall–Kier alpha value is -2.82. The van der Waals surface area contributed by atoms with E-state index in [1.807, 2.05) is 44.2 Å². The monoisotopic (exact) mass is 338 g/mol. The summed E-state index contributed by atoms with van der Waals surface area (Å²) >= 11 is 0. The fourth-order valence-corrected chi connectivity index (χ4v) is 2.82. The lowest BCUT2D eigenvalue weighted by molar-refractivity contribution is -0.121. The van der Waals surface area contributed by atoms with Crippen molar-refractivity contribution in [2.75, 3.05) is 16.8 Å². The molecule has 1 aliphatic heterocycles. The normalized spacial score (nSPS) is 17.0. The van der Waals surface area contributed by atoms with E-state index in [1.54, 1.807) is 18.2 Å². The molecule has 1 N–H and O–H groups in total. The van der Waals surface area contributed by atoms with Gasteiger partial charge in [0.05, 0.1) is 18.7 Å². The predicted octanol–water partition coefficient (Wildman–Crippen LogP) is 3.53. The first-order chi connectivity index (χ1) is 12.1. The minimum Gasteiger partial charge on any atom is -0.491 e. The van der Waals surface area contributed by atoms with Crippen LogP contribution in [0.15, 0.2) is 48.5 Å². The van der Waals surface area contributed by atoms with Crippen LogP contribution in [0.25, 0.3) is 0 Å². The molecule has 3 rings (SSSR count). The number of hydrogen-bond donors (Lipinski definition) is 1. The van der Waals surface area contributed by atoms with Crippen LogP contribution in [0.4, 0.5) is 11.4 Å². The number of nitrogens with zero attached hydrogens (tertiary/aromatic N) is 1. The van der Waals surface area contributed by atoms with Gasteiger partial charge in [-0.25, -0.2) is 4.90 Å². The fourth-order valence-electron chi connectivity index (χ4n) is 2.82. The molecule has 0 saturated carbocycles. The highest BCUT2D eigenvalue weighted by Gasteiger charge is 2.40. The average Bonchev–Trinajstić information content (AvgIpc) is 2.89. The second-order valence-corrected chi connectivity index (χ2v) is 6.15. The molecule has 2 amide bonds. The number of aryl methyl sites for hydroxylation is 1. The Kier molecular flexibility index (Phi) is 5.03. The summed E-state index contributed by atoms with van der Waals surface area (Å²) in [5.74, 6) is 0.0855. The minimum absolute atomic E-state index is 0.134. The summed E-state index contributed by atoms with van der Waals surface area (Å²) < 4.78 is 5.70. The molecule has 130 valence electrons. The third kappa shape index (κ3) is 3.65. The van der Waals surface area contributed by atoms with Gasteiger partial charge in [0.1, 0.15) is 11.8 Å². The third-order valence-electron chi connectivity index (χ3n) is 4.11. The molecule has 0 aliphatic carbocycles. The highest BCUT2D eigenvalue weighted by atomic mass is 16.5. The molecule has 1 saturated heterocycles. The second kappa shape index (κ2) is 7.38. The SMILES string of the molecule is CCCOc1ccccc1N1C(=O)CC(Nc2ccc(C)cc2)C1=O. The molecule has 0 radical (unpaired) electrons. The van der Waals surface area contributed by atoms with Crippen molar-refractivity contribution in [3.8, 4) is 5.75 Å². The number of anilines is 2. The van der Waals surface area contributed by atoms with E-state index in [1.165, 1.54) is 4.90 Å². The van der Waals surface area contributed by atoms with Crippen LogP contribution < -0.4 is 15.0 Å². The zero-order chi connectivity index (χ0) is 17.8. The topological polar surface area (TPSA) is 58.6 Å². The van der Waals surface area contributed by atoms with Gasteiger partial charge in [-0.15, -0.1) is 0 Å². The Balaban J connectivity index is 1.81. The van der Waals surface area contributed by atoms with Gasteiger partial charge in [0, 0.05) is 5.69 Å². The number of hydrogen-bond acceptors (Lipinski definition) is 4. The standard InChI is InChI=1S/C20H22N2O3/c1-3-12-25-18-7-5-4-6-17(18)22-19(23)13-16(20(22)24)21-15-10-8-14(2)9-11-15/h4-11,16,21H,3,12-13H2,1-2H3. The summed E-state index contributed by atoms with van der Waals surface area (Å²) in [6.07, 6.45) is 0.989. The van der Waals surface area contributed by atoms with Gasteiger partial charge < -0.3 is 10.1 Å². The Morgan fingerprint density at radius 2 is 1.84 bits per heavy atom. The van der Waals surface area contributed by atoms with Crippen molar-refractivity contribution >= 4 is 23.2 Å². The summed E-state index contributed by atoms with van der Waals surface area (Å²) in [6, 6.07) is 14.4. The van der Waals surface area contributed by atoms with Crippen molar-refractivity contribution in [2.45, 2.75) is 32.7 Å². The maximum absolute atomic E-state index is 12.8. The van der Waals surface area contributed by atoms with Crippen molar-refractivity contribution in [1.29, 1.82) is 0 Å². The number of amides is 2. The van der Waals surface area contributed by atoms with Gasteiger partial charge in [0.2, 0.25) is 5.91 Å². The molecular formula is C20H22N2O3. The molecule has 1 fully saturated rings. The fraction of sp³-hybridized carbons (Fsp3) is 0.300. The molecule has 1 atom stereocenters. The Bertz CT molecular complexity index is 771. The molecule has 1 heterocycles. The largest absolute Gasteiger partial charge is 0.491 e. The van der Waals surface area contributed by atoms with E-state index < -0.39 is 6.04 Å². The van der Waals surface area contributed by atoms with E-state index in [4.69, 9.17) is 4.74 Å². The van der Waals surface area contributed by atoms with Gasteiger partial charge in [0.15, 0.2) is 0 Å². The van der Waals surface area contributed by atoms with Gasteiger partial charge in [-0.2, -0.15) is 0 Å². The smallest absolute Gasteiger partial charge is 0.256 e. The number of rotatable bonds is 6. The Morgan fingerprint density at radius 3 is 2.56 bits per heavy atom. The number of nitrogens with one attached hydrogen (secondary N) is 1. The van der Waals surface area contributed by atoms with Crippen LogP contribution in [0.1, 0.15) is 25.3 Å². The van der Waals surface area contributed by atoms with E-state index in [-0.39, 0.29) is 18.2 Å². The van der Waals surface area contributed by atoms with E-state index in [0.717, 1.165) is 17.7 Å². The van der Waals surface area contributed by atoms with E-state index in [9.17, 15) is 9.59 Å². The first-order valence-electron chi connectivity index (χ1n) is 8.52. The lowest BCUT2D eigenvalue weighted by Gasteiger charge is -2.19. The number of benzene rings is 2. The Labute approximate surface area is 147 Å². The highest BCUT2D eigenvalue weighted by molar-refractivity contribution is 6.23. The number of imide groups is 1. The predicted molar refractivity (Wildman–Crippen MR) is 97.9 cm³/mol. The average molecular weight is 338 g/mol. The summed E-state index contributed by atoms with van der Waals surface area (Å²) in [4.78, 5) is 26.5. The van der Waals surface area contributed by atoms with Crippen LogP contribution >= 0.6 is 0 Å². The van der Waals surface area contributed by atoms with Crippen molar-refractivity contribution in [3.05, 3.63) is 54.1 Å². The van der Waals surface area contributed by atoms with Crippen LogP contribution in [0, 0.1) is 6.92 Å². The van der Waals surface area contributed by atoms with Crippen molar-refractivity contribution < 1.29 is 14.3 Å². The first kappa shape index (κ1) is 17.0. The first-order valence-corrected chi connectivity index (χ1v) is 8.52. The van der Waals surface area contributed by atoms with Crippen molar-refractivity contribution in [1.82, 2.24) is 0 Å². The maximum atomic E-state index is 12.8. The van der Waals surface area contributed by atoms with Gasteiger partial charge in [-0.1, -0.05) is 36.8 Å².